The molecule has 0 saturated heterocycles. The fraction of sp³-hybridized carbons (Fsp3) is 0.250. The number of benzene rings is 2. The van der Waals surface area contributed by atoms with E-state index in [1.807, 2.05) is 36.4 Å². The maximum absolute atomic E-state index is 7.41. The van der Waals surface area contributed by atoms with Gasteiger partial charge in [0.05, 0.1) is 7.11 Å². The van der Waals surface area contributed by atoms with Crippen LogP contribution in [0.5, 0.6) is 5.75 Å². The van der Waals surface area contributed by atoms with E-state index in [0.717, 1.165) is 42.3 Å². The molecule has 0 atom stereocenters. The Hall–Kier alpha value is -2.50. The molecule has 0 heterocycles. The number of nitrogens with one attached hydrogen (secondary N) is 3. The lowest BCUT2D eigenvalue weighted by molar-refractivity contribution is 0.414. The Balaban J connectivity index is 1.78. The number of nitrogens with two attached hydrogens (primary N) is 1. The summed E-state index contributed by atoms with van der Waals surface area (Å²) >= 11 is 5.99. The molecular weight excluding hydrogens is 348 g/mol. The van der Waals surface area contributed by atoms with Crippen molar-refractivity contribution in [3.05, 3.63) is 64.8 Å². The number of hydrogen-bond acceptors (Lipinski definition) is 5. The number of rotatable bonds is 10. The Morgan fingerprint density at radius 2 is 2.04 bits per heavy atom. The third-order valence-corrected chi connectivity index (χ3v) is 4.19. The summed E-state index contributed by atoms with van der Waals surface area (Å²) in [7, 11) is 1.61. The summed E-state index contributed by atoms with van der Waals surface area (Å²) < 4.78 is 5.41. The Morgan fingerprint density at radius 1 is 1.19 bits per heavy atom. The van der Waals surface area contributed by atoms with Crippen LogP contribution in [0.25, 0.3) is 5.57 Å². The zero-order valence-electron chi connectivity index (χ0n) is 14.9. The number of allylic oxidation sites excluding steroid dienone is 1. The normalized spacial score (nSPS) is 11.2. The molecule has 6 heteroatoms. The molecule has 0 saturated carbocycles. The Labute approximate surface area is 159 Å². The first-order chi connectivity index (χ1) is 12.7. The molecule has 0 aliphatic heterocycles. The fourth-order valence-corrected chi connectivity index (χ4v) is 2.81. The maximum atomic E-state index is 7.41. The van der Waals surface area contributed by atoms with Gasteiger partial charge >= 0.3 is 0 Å². The van der Waals surface area contributed by atoms with Gasteiger partial charge in [0.2, 0.25) is 0 Å². The highest BCUT2D eigenvalue weighted by atomic mass is 35.5. The SMILES string of the molecule is COc1cc(NCCNCCc2cccc(Cl)c2)ccc1/C(C=N)=C/N. The first kappa shape index (κ1) is 19.8. The lowest BCUT2D eigenvalue weighted by Gasteiger charge is -2.13. The largest absolute Gasteiger partial charge is 0.496 e. The lowest BCUT2D eigenvalue weighted by atomic mass is 10.1. The van der Waals surface area contributed by atoms with E-state index in [2.05, 4.69) is 16.7 Å². The molecule has 2 aromatic carbocycles. The molecule has 0 amide bonds. The van der Waals surface area contributed by atoms with E-state index < -0.39 is 0 Å². The van der Waals surface area contributed by atoms with Crippen molar-refractivity contribution in [3.63, 3.8) is 0 Å². The number of methoxy groups -OCH3 is 1. The van der Waals surface area contributed by atoms with Crippen LogP contribution in [0.2, 0.25) is 5.02 Å². The highest BCUT2D eigenvalue weighted by molar-refractivity contribution is 6.30. The van der Waals surface area contributed by atoms with Gasteiger partial charge in [0.1, 0.15) is 5.75 Å². The van der Waals surface area contributed by atoms with Crippen LogP contribution in [0, 0.1) is 5.41 Å². The molecule has 138 valence electrons. The molecule has 0 unspecified atom stereocenters. The van der Waals surface area contributed by atoms with Crippen LogP contribution in [0.15, 0.2) is 48.7 Å². The molecule has 5 nitrogen and oxygen atoms in total. The van der Waals surface area contributed by atoms with Gasteiger partial charge in [0.15, 0.2) is 0 Å². The average molecular weight is 373 g/mol. The number of hydrogen-bond donors (Lipinski definition) is 4. The van der Waals surface area contributed by atoms with E-state index in [1.54, 1.807) is 7.11 Å². The van der Waals surface area contributed by atoms with Crippen molar-refractivity contribution in [1.82, 2.24) is 5.32 Å². The third-order valence-electron chi connectivity index (χ3n) is 3.96. The van der Waals surface area contributed by atoms with Crippen LogP contribution >= 0.6 is 11.6 Å². The molecule has 2 aromatic rings. The highest BCUT2D eigenvalue weighted by Gasteiger charge is 2.07. The number of anilines is 1. The van der Waals surface area contributed by atoms with E-state index in [9.17, 15) is 0 Å². The molecule has 26 heavy (non-hydrogen) atoms. The molecule has 0 radical (unpaired) electrons. The summed E-state index contributed by atoms with van der Waals surface area (Å²) in [6, 6.07) is 13.7. The Bertz CT molecular complexity index is 761. The minimum atomic E-state index is 0.621. The monoisotopic (exact) mass is 372 g/mol. The number of halogens is 1. The second-order valence-electron chi connectivity index (χ2n) is 5.74. The first-order valence-corrected chi connectivity index (χ1v) is 8.85. The van der Waals surface area contributed by atoms with Gasteiger partial charge in [-0.3, -0.25) is 0 Å². The fourth-order valence-electron chi connectivity index (χ4n) is 2.60. The van der Waals surface area contributed by atoms with Crippen molar-refractivity contribution in [2.24, 2.45) is 5.73 Å². The quantitative estimate of drug-likeness (QED) is 0.379. The van der Waals surface area contributed by atoms with Crippen molar-refractivity contribution in [2.45, 2.75) is 6.42 Å². The van der Waals surface area contributed by atoms with Crippen LogP contribution in [-0.2, 0) is 6.42 Å². The molecule has 0 aromatic heterocycles. The van der Waals surface area contributed by atoms with E-state index in [0.29, 0.717) is 11.3 Å². The zero-order valence-corrected chi connectivity index (χ0v) is 15.6. The third kappa shape index (κ3) is 5.79. The second kappa shape index (κ2) is 10.5. The zero-order chi connectivity index (χ0) is 18.8. The van der Waals surface area contributed by atoms with Crippen LogP contribution < -0.4 is 21.1 Å². The Morgan fingerprint density at radius 3 is 2.73 bits per heavy atom. The van der Waals surface area contributed by atoms with Gasteiger partial charge in [-0.25, -0.2) is 0 Å². The Kier molecular flexibility index (Phi) is 7.99. The minimum Gasteiger partial charge on any atom is -0.496 e. The van der Waals surface area contributed by atoms with Gasteiger partial charge in [-0.1, -0.05) is 23.7 Å². The van der Waals surface area contributed by atoms with E-state index in [1.165, 1.54) is 18.0 Å². The summed E-state index contributed by atoms with van der Waals surface area (Å²) in [5, 5.41) is 15.0. The number of ether oxygens (including phenoxy) is 1. The van der Waals surface area contributed by atoms with Crippen molar-refractivity contribution < 1.29 is 4.74 Å². The van der Waals surface area contributed by atoms with Crippen molar-refractivity contribution in [1.29, 1.82) is 5.41 Å². The van der Waals surface area contributed by atoms with E-state index in [4.69, 9.17) is 27.5 Å². The van der Waals surface area contributed by atoms with Crippen molar-refractivity contribution >= 4 is 29.1 Å². The van der Waals surface area contributed by atoms with Crippen LogP contribution in [-0.4, -0.2) is 33.0 Å². The predicted molar refractivity (Wildman–Crippen MR) is 110 cm³/mol. The molecule has 0 spiro atoms. The molecule has 5 N–H and O–H groups in total. The van der Waals surface area contributed by atoms with Crippen molar-refractivity contribution in [3.8, 4) is 5.75 Å². The van der Waals surface area contributed by atoms with E-state index >= 15 is 0 Å². The first-order valence-electron chi connectivity index (χ1n) is 8.47. The summed E-state index contributed by atoms with van der Waals surface area (Å²) in [4.78, 5) is 0. The van der Waals surface area contributed by atoms with Gasteiger partial charge in [-0.2, -0.15) is 0 Å². The molecule has 0 aliphatic rings. The molecule has 0 aliphatic carbocycles. The standard InChI is InChI=1S/C20H25ClN4O/c1-26-20-12-18(5-6-19(20)16(13-22)14-23)25-10-9-24-8-7-15-3-2-4-17(21)11-15/h2-6,11-14,22,24-25H,7-10,23H2,1H3/b16-14+,22-13?. The van der Waals surface area contributed by atoms with Gasteiger partial charge in [-0.05, 0) is 42.8 Å². The summed E-state index contributed by atoms with van der Waals surface area (Å²) in [6.07, 6.45) is 3.57. The summed E-state index contributed by atoms with van der Waals surface area (Å²) in [5.74, 6) is 0.684. The smallest absolute Gasteiger partial charge is 0.128 e. The second-order valence-corrected chi connectivity index (χ2v) is 6.17. The van der Waals surface area contributed by atoms with Crippen molar-refractivity contribution in [2.75, 3.05) is 32.1 Å². The predicted octanol–water partition coefficient (Wildman–Crippen LogP) is 3.54. The van der Waals surface area contributed by atoms with Gasteiger partial charge in [0.25, 0.3) is 0 Å². The summed E-state index contributed by atoms with van der Waals surface area (Å²) in [6.45, 7) is 2.54. The van der Waals surface area contributed by atoms with Crippen LogP contribution in [0.3, 0.4) is 0 Å². The van der Waals surface area contributed by atoms with Gasteiger partial charge in [0, 0.05) is 53.4 Å². The molecule has 2 rings (SSSR count). The average Bonchev–Trinajstić information content (AvgIpc) is 2.66. The lowest BCUT2D eigenvalue weighted by Crippen LogP contribution is -2.24. The summed E-state index contributed by atoms with van der Waals surface area (Å²) in [5.41, 5.74) is 9.17. The topological polar surface area (TPSA) is 83.2 Å². The van der Waals surface area contributed by atoms with E-state index in [-0.39, 0.29) is 0 Å². The van der Waals surface area contributed by atoms with Gasteiger partial charge in [-0.15, -0.1) is 0 Å². The molecule has 0 fully saturated rings. The highest BCUT2D eigenvalue weighted by Crippen LogP contribution is 2.27. The molecular formula is C20H25ClN4O. The van der Waals surface area contributed by atoms with Crippen LogP contribution in [0.1, 0.15) is 11.1 Å². The van der Waals surface area contributed by atoms with Crippen LogP contribution in [0.4, 0.5) is 5.69 Å². The molecule has 0 bridgehead atoms. The maximum Gasteiger partial charge on any atom is 0.128 e. The minimum absolute atomic E-state index is 0.621. The van der Waals surface area contributed by atoms with Gasteiger partial charge < -0.3 is 26.5 Å².